The minimum absolute atomic E-state index is 0.0691. The molecule has 7 nitrogen and oxygen atoms in total. The molecule has 7 heteroatoms. The van der Waals surface area contributed by atoms with Crippen molar-refractivity contribution in [3.63, 3.8) is 0 Å². The molecule has 0 aliphatic carbocycles. The number of aliphatic imine (C=N–C) groups is 1. The Morgan fingerprint density at radius 2 is 1.97 bits per heavy atom. The van der Waals surface area contributed by atoms with Gasteiger partial charge < -0.3 is 19.4 Å². The summed E-state index contributed by atoms with van der Waals surface area (Å²) in [6.07, 6.45) is 4.00. The van der Waals surface area contributed by atoms with E-state index in [0.717, 1.165) is 41.9 Å². The van der Waals surface area contributed by atoms with Crippen LogP contribution in [0.4, 0.5) is 10.5 Å². The van der Waals surface area contributed by atoms with Gasteiger partial charge in [0.1, 0.15) is 5.60 Å². The first kappa shape index (κ1) is 29.1. The third kappa shape index (κ3) is 7.97. The van der Waals surface area contributed by atoms with Gasteiger partial charge in [0.2, 0.25) is 0 Å². The second-order valence-corrected chi connectivity index (χ2v) is 10.6. The van der Waals surface area contributed by atoms with E-state index >= 15 is 0 Å². The molecule has 1 aromatic carbocycles. The topological polar surface area (TPSA) is 65.4 Å². The lowest BCUT2D eigenvalue weighted by atomic mass is 9.98. The van der Waals surface area contributed by atoms with Crippen LogP contribution < -0.4 is 4.90 Å². The highest BCUT2D eigenvalue weighted by atomic mass is 16.6. The zero-order valence-corrected chi connectivity index (χ0v) is 23.4. The van der Waals surface area contributed by atoms with Crippen molar-refractivity contribution in [2.75, 3.05) is 32.1 Å². The second kappa shape index (κ2) is 12.7. The van der Waals surface area contributed by atoms with Crippen LogP contribution in [-0.4, -0.2) is 60.8 Å². The van der Waals surface area contributed by atoms with Crippen molar-refractivity contribution in [2.24, 2.45) is 10.9 Å². The SMILES string of the molecule is C=C(CCC)/N=C\C1=C(C(C)CC)N(C)CCN(c2cccc(CN(C)C(=O)OC(C)(C)C)c2)C1=O. The molecule has 0 saturated heterocycles. The van der Waals surface area contributed by atoms with Gasteiger partial charge in [-0.05, 0) is 57.2 Å². The molecule has 1 aliphatic rings. The number of nitrogens with zero attached hydrogens (tertiary/aromatic N) is 4. The largest absolute Gasteiger partial charge is 0.444 e. The predicted molar refractivity (Wildman–Crippen MR) is 148 cm³/mol. The van der Waals surface area contributed by atoms with Gasteiger partial charge in [-0.15, -0.1) is 0 Å². The third-order valence-electron chi connectivity index (χ3n) is 6.16. The molecule has 1 aliphatic heterocycles. The summed E-state index contributed by atoms with van der Waals surface area (Å²) < 4.78 is 5.48. The van der Waals surface area contributed by atoms with Gasteiger partial charge in [-0.2, -0.15) is 0 Å². The minimum atomic E-state index is -0.558. The summed E-state index contributed by atoms with van der Waals surface area (Å²) in [5.41, 5.74) is 3.55. The Kier molecular flexibility index (Phi) is 10.3. The summed E-state index contributed by atoms with van der Waals surface area (Å²) in [4.78, 5) is 36.4. The van der Waals surface area contributed by atoms with E-state index in [1.165, 1.54) is 0 Å². The quantitative estimate of drug-likeness (QED) is 0.392. The number of allylic oxidation sites excluding steroid dienone is 2. The normalized spacial score (nSPS) is 15.8. The number of rotatable bonds is 9. The van der Waals surface area contributed by atoms with Crippen LogP contribution in [0.1, 0.15) is 66.4 Å². The molecule has 0 N–H and O–H groups in total. The van der Waals surface area contributed by atoms with E-state index in [1.54, 1.807) is 18.2 Å². The Hall–Kier alpha value is -3.09. The van der Waals surface area contributed by atoms with Crippen molar-refractivity contribution in [1.82, 2.24) is 9.80 Å². The first-order chi connectivity index (χ1) is 16.9. The highest BCUT2D eigenvalue weighted by molar-refractivity contribution is 6.19. The number of ether oxygens (including phenoxy) is 1. The number of hydrogen-bond acceptors (Lipinski definition) is 5. The van der Waals surface area contributed by atoms with Crippen LogP contribution in [0, 0.1) is 5.92 Å². The Morgan fingerprint density at radius 1 is 1.28 bits per heavy atom. The number of carbonyl (C=O) groups is 2. The van der Waals surface area contributed by atoms with E-state index in [1.807, 2.05) is 57.0 Å². The fourth-order valence-corrected chi connectivity index (χ4v) is 4.15. The van der Waals surface area contributed by atoms with Crippen LogP contribution in [0.15, 0.2) is 52.8 Å². The van der Waals surface area contributed by atoms with Gasteiger partial charge in [0.25, 0.3) is 5.91 Å². The minimum Gasteiger partial charge on any atom is -0.444 e. The molecule has 2 amide bonds. The zero-order chi connectivity index (χ0) is 27.0. The molecule has 1 unspecified atom stereocenters. The molecule has 0 saturated carbocycles. The van der Waals surface area contributed by atoms with E-state index < -0.39 is 5.60 Å². The Bertz CT molecular complexity index is 1010. The van der Waals surface area contributed by atoms with Gasteiger partial charge in [-0.1, -0.05) is 45.9 Å². The third-order valence-corrected chi connectivity index (χ3v) is 6.16. The lowest BCUT2D eigenvalue weighted by Gasteiger charge is -2.26. The highest BCUT2D eigenvalue weighted by Gasteiger charge is 2.30. The molecule has 1 aromatic rings. The Balaban J connectivity index is 2.39. The Labute approximate surface area is 217 Å². The molecule has 0 spiro atoms. The highest BCUT2D eigenvalue weighted by Crippen LogP contribution is 2.28. The monoisotopic (exact) mass is 496 g/mol. The van der Waals surface area contributed by atoms with Crippen molar-refractivity contribution < 1.29 is 14.3 Å². The maximum absolute atomic E-state index is 13.9. The van der Waals surface area contributed by atoms with Gasteiger partial charge in [-0.3, -0.25) is 9.79 Å². The van der Waals surface area contributed by atoms with E-state index in [4.69, 9.17) is 4.74 Å². The van der Waals surface area contributed by atoms with Crippen LogP contribution in [0.3, 0.4) is 0 Å². The lowest BCUT2D eigenvalue weighted by Crippen LogP contribution is -2.35. The molecule has 198 valence electrons. The van der Waals surface area contributed by atoms with E-state index in [-0.39, 0.29) is 17.9 Å². The second-order valence-electron chi connectivity index (χ2n) is 10.6. The molecular formula is C29H44N4O3. The van der Waals surface area contributed by atoms with E-state index in [2.05, 4.69) is 37.2 Å². The maximum atomic E-state index is 13.9. The van der Waals surface area contributed by atoms with Crippen LogP contribution in [0.5, 0.6) is 0 Å². The predicted octanol–water partition coefficient (Wildman–Crippen LogP) is 6.02. The number of anilines is 1. The standard InChI is InChI=1S/C29H44N4O3/c1-10-13-22(4)30-19-25-26(21(3)11-2)31(8)16-17-33(27(25)34)24-15-12-14-23(18-24)20-32(9)28(35)36-29(5,6)7/h12,14-15,18-19,21H,4,10-11,13,16-17,20H2,1-3,5-9H3/b30-19-. The number of carbonyl (C=O) groups excluding carboxylic acids is 2. The van der Waals surface area contributed by atoms with Crippen molar-refractivity contribution >= 4 is 23.9 Å². The number of hydrogen-bond donors (Lipinski definition) is 0. The lowest BCUT2D eigenvalue weighted by molar-refractivity contribution is -0.114. The fraction of sp³-hybridized carbons (Fsp3) is 0.552. The summed E-state index contributed by atoms with van der Waals surface area (Å²) >= 11 is 0. The van der Waals surface area contributed by atoms with Crippen LogP contribution in [0.2, 0.25) is 0 Å². The molecule has 0 bridgehead atoms. The van der Waals surface area contributed by atoms with Gasteiger partial charge in [0, 0.05) is 57.0 Å². The smallest absolute Gasteiger partial charge is 0.410 e. The summed E-state index contributed by atoms with van der Waals surface area (Å²) in [5.74, 6) is 0.147. The molecule has 1 heterocycles. The Morgan fingerprint density at radius 3 is 2.58 bits per heavy atom. The molecule has 0 fully saturated rings. The number of likely N-dealkylation sites (N-methyl/N-ethyl adjacent to an activating group) is 1. The molecule has 36 heavy (non-hydrogen) atoms. The first-order valence-electron chi connectivity index (χ1n) is 12.9. The molecule has 1 atom stereocenters. The maximum Gasteiger partial charge on any atom is 0.410 e. The average molecular weight is 497 g/mol. The van der Waals surface area contributed by atoms with Crippen LogP contribution in [0.25, 0.3) is 0 Å². The van der Waals surface area contributed by atoms with Gasteiger partial charge in [-0.25, -0.2) is 4.79 Å². The van der Waals surface area contributed by atoms with Crippen molar-refractivity contribution in [2.45, 2.75) is 73.0 Å². The zero-order valence-electron chi connectivity index (χ0n) is 23.4. The van der Waals surface area contributed by atoms with Crippen molar-refractivity contribution in [3.05, 3.63) is 53.4 Å². The summed E-state index contributed by atoms with van der Waals surface area (Å²) in [6.45, 7) is 17.6. The van der Waals surface area contributed by atoms with Gasteiger partial charge in [0.05, 0.1) is 5.57 Å². The first-order valence-corrected chi connectivity index (χ1v) is 12.9. The average Bonchev–Trinajstić information content (AvgIpc) is 2.92. The van der Waals surface area contributed by atoms with E-state index in [0.29, 0.717) is 25.2 Å². The number of amides is 2. The number of benzene rings is 1. The van der Waals surface area contributed by atoms with Gasteiger partial charge >= 0.3 is 6.09 Å². The van der Waals surface area contributed by atoms with Crippen LogP contribution in [-0.2, 0) is 16.1 Å². The van der Waals surface area contributed by atoms with Gasteiger partial charge in [0.15, 0.2) is 0 Å². The molecule has 0 radical (unpaired) electrons. The fourth-order valence-electron chi connectivity index (χ4n) is 4.15. The van der Waals surface area contributed by atoms with Crippen molar-refractivity contribution in [3.8, 4) is 0 Å². The van der Waals surface area contributed by atoms with Crippen LogP contribution >= 0.6 is 0 Å². The summed E-state index contributed by atoms with van der Waals surface area (Å²) in [7, 11) is 3.75. The van der Waals surface area contributed by atoms with Crippen molar-refractivity contribution in [1.29, 1.82) is 0 Å². The summed E-state index contributed by atoms with van der Waals surface area (Å²) in [6, 6.07) is 7.79. The van der Waals surface area contributed by atoms with E-state index in [9.17, 15) is 9.59 Å². The molecule has 0 aromatic heterocycles. The summed E-state index contributed by atoms with van der Waals surface area (Å²) in [5, 5.41) is 0. The molecule has 2 rings (SSSR count). The molecular weight excluding hydrogens is 452 g/mol.